The predicted molar refractivity (Wildman–Crippen MR) is 199 cm³/mol. The van der Waals surface area contributed by atoms with Crippen LogP contribution < -0.4 is 4.90 Å². The Labute approximate surface area is 278 Å². The van der Waals surface area contributed by atoms with Crippen LogP contribution in [-0.2, 0) is 0 Å². The molecule has 0 spiro atoms. The quantitative estimate of drug-likeness (QED) is 0.146. The average Bonchev–Trinajstić information content (AvgIpc) is 3.35. The Kier molecular flexibility index (Phi) is 6.34. The zero-order valence-corrected chi connectivity index (χ0v) is 26.3. The summed E-state index contributed by atoms with van der Waals surface area (Å²) in [4.78, 5) is 29.2. The Balaban J connectivity index is 1.15. The number of fused-ring (bicyclic) bond motifs is 5. The normalized spacial score (nSPS) is 12.7. The van der Waals surface area contributed by atoms with E-state index >= 15 is 0 Å². The van der Waals surface area contributed by atoms with Gasteiger partial charge in [-0.25, -0.2) is 0 Å². The maximum atomic E-state index is 13.4. The number of Topliss-reactive ketones (excluding diaryl/α,β-unsaturated/α-hetero) is 2. The number of rotatable bonds is 4. The molecule has 0 fully saturated rings. The first-order valence-corrected chi connectivity index (χ1v) is 16.2. The van der Waals surface area contributed by atoms with E-state index in [0.29, 0.717) is 11.1 Å². The summed E-state index contributed by atoms with van der Waals surface area (Å²) in [7, 11) is 0. The van der Waals surface area contributed by atoms with Gasteiger partial charge in [0.15, 0.2) is 11.6 Å². The first-order chi connectivity index (χ1) is 23.5. The topological polar surface area (TPSA) is 37.4 Å². The molecule has 0 radical (unpaired) electrons. The lowest BCUT2D eigenvalue weighted by atomic mass is 10.00. The summed E-state index contributed by atoms with van der Waals surface area (Å²) in [6, 6.07) is 52.1. The Hall–Kier alpha value is -6.32. The number of allylic oxidation sites excluding steroid dienone is 1. The van der Waals surface area contributed by atoms with Crippen molar-refractivity contribution in [3.8, 4) is 0 Å². The summed E-state index contributed by atoms with van der Waals surface area (Å²) in [5, 5.41) is 8.77. The lowest BCUT2D eigenvalue weighted by molar-refractivity contribution is 0.0990. The minimum Gasteiger partial charge on any atom is -0.310 e. The number of nitrogens with zero attached hydrogens (tertiary/aromatic N) is 1. The van der Waals surface area contributed by atoms with E-state index in [9.17, 15) is 9.59 Å². The van der Waals surface area contributed by atoms with Gasteiger partial charge in [0, 0.05) is 27.9 Å². The van der Waals surface area contributed by atoms with E-state index in [1.54, 1.807) is 6.08 Å². The molecule has 0 aliphatic heterocycles. The molecule has 0 heterocycles. The van der Waals surface area contributed by atoms with Gasteiger partial charge in [-0.15, -0.1) is 0 Å². The fourth-order valence-electron chi connectivity index (χ4n) is 7.17. The van der Waals surface area contributed by atoms with Crippen LogP contribution in [0.1, 0.15) is 31.8 Å². The van der Waals surface area contributed by atoms with E-state index in [4.69, 9.17) is 0 Å². The molecule has 48 heavy (non-hydrogen) atoms. The molecule has 8 aromatic carbocycles. The highest BCUT2D eigenvalue weighted by Crippen LogP contribution is 2.43. The Bertz CT molecular complexity index is 2630. The molecule has 1 aliphatic carbocycles. The minimum atomic E-state index is -0.215. The summed E-state index contributed by atoms with van der Waals surface area (Å²) in [5.41, 5.74) is 6.45. The summed E-state index contributed by atoms with van der Waals surface area (Å²) >= 11 is 0. The monoisotopic (exact) mass is 615 g/mol. The second kappa shape index (κ2) is 10.9. The van der Waals surface area contributed by atoms with Crippen LogP contribution in [0.2, 0.25) is 0 Å². The van der Waals surface area contributed by atoms with Crippen LogP contribution in [-0.4, -0.2) is 11.6 Å². The predicted octanol–water partition coefficient (Wildman–Crippen LogP) is 11.5. The van der Waals surface area contributed by atoms with Crippen LogP contribution in [0.5, 0.6) is 0 Å². The van der Waals surface area contributed by atoms with E-state index in [1.165, 1.54) is 27.1 Å². The molecule has 3 nitrogen and oxygen atoms in total. The highest BCUT2D eigenvalue weighted by atomic mass is 16.2. The molecule has 0 N–H and O–H groups in total. The fourth-order valence-corrected chi connectivity index (χ4v) is 7.17. The summed E-state index contributed by atoms with van der Waals surface area (Å²) in [6.45, 7) is 2.17. The van der Waals surface area contributed by atoms with Crippen molar-refractivity contribution >= 4 is 77.8 Å². The second-order valence-electron chi connectivity index (χ2n) is 12.6. The van der Waals surface area contributed by atoms with Gasteiger partial charge in [-0.3, -0.25) is 9.59 Å². The highest BCUT2D eigenvalue weighted by molar-refractivity contribution is 6.42. The van der Waals surface area contributed by atoms with Gasteiger partial charge < -0.3 is 4.90 Å². The third-order valence-electron chi connectivity index (χ3n) is 9.60. The second-order valence-corrected chi connectivity index (χ2v) is 12.6. The standard InChI is InChI=1S/C45H29NO2/c1-28-14-16-31-9-6-7-13-39(31)43(28)46(37-20-18-30-8-2-3-10-32(30)24-37)38-21-19-35-22-29(15-17-36(35)25-38)23-42-44(47)40-26-33-11-4-5-12-34(33)27-41(40)45(42)48/h2-27H,1H3. The summed E-state index contributed by atoms with van der Waals surface area (Å²) in [5.74, 6) is -0.430. The smallest absolute Gasteiger partial charge is 0.197 e. The average molecular weight is 616 g/mol. The van der Waals surface area contributed by atoms with E-state index in [-0.39, 0.29) is 17.1 Å². The third kappa shape index (κ3) is 4.51. The molecule has 3 heteroatoms. The zero-order chi connectivity index (χ0) is 32.4. The van der Waals surface area contributed by atoms with Gasteiger partial charge in [0.1, 0.15) is 0 Å². The van der Waals surface area contributed by atoms with Crippen LogP contribution in [0.15, 0.2) is 157 Å². The van der Waals surface area contributed by atoms with Gasteiger partial charge in [-0.2, -0.15) is 0 Å². The van der Waals surface area contributed by atoms with Gasteiger partial charge >= 0.3 is 0 Å². The van der Waals surface area contributed by atoms with Crippen molar-refractivity contribution in [1.82, 2.24) is 0 Å². The number of aryl methyl sites for hydroxylation is 1. The summed E-state index contributed by atoms with van der Waals surface area (Å²) in [6.07, 6.45) is 1.74. The zero-order valence-electron chi connectivity index (χ0n) is 26.3. The Morgan fingerprint density at radius 1 is 0.458 bits per heavy atom. The fraction of sp³-hybridized carbons (Fsp3) is 0.0222. The molecule has 0 atom stereocenters. The molecule has 0 saturated carbocycles. The number of hydrogen-bond donors (Lipinski definition) is 0. The number of anilines is 3. The largest absolute Gasteiger partial charge is 0.310 e. The Morgan fingerprint density at radius 3 is 1.60 bits per heavy atom. The molecular formula is C45H29NO2. The van der Waals surface area contributed by atoms with Gasteiger partial charge in [-0.1, -0.05) is 109 Å². The van der Waals surface area contributed by atoms with Gasteiger partial charge in [0.05, 0.1) is 11.3 Å². The van der Waals surface area contributed by atoms with Crippen LogP contribution in [0, 0.1) is 6.92 Å². The summed E-state index contributed by atoms with van der Waals surface area (Å²) < 4.78 is 0. The van der Waals surface area contributed by atoms with Gasteiger partial charge in [0.25, 0.3) is 0 Å². The molecule has 1 aliphatic rings. The number of ketones is 2. The Morgan fingerprint density at radius 2 is 0.938 bits per heavy atom. The molecule has 0 aromatic heterocycles. The molecule has 9 rings (SSSR count). The van der Waals surface area contributed by atoms with Crippen molar-refractivity contribution in [3.05, 3.63) is 179 Å². The maximum Gasteiger partial charge on any atom is 0.197 e. The van der Waals surface area contributed by atoms with E-state index in [0.717, 1.165) is 44.2 Å². The van der Waals surface area contributed by atoms with Crippen LogP contribution in [0.25, 0.3) is 49.2 Å². The third-order valence-corrected chi connectivity index (χ3v) is 9.60. The first-order valence-electron chi connectivity index (χ1n) is 16.2. The van der Waals surface area contributed by atoms with Crippen molar-refractivity contribution < 1.29 is 9.59 Å². The maximum absolute atomic E-state index is 13.4. The van der Waals surface area contributed by atoms with Crippen molar-refractivity contribution in [2.45, 2.75) is 6.92 Å². The van der Waals surface area contributed by atoms with Crippen LogP contribution in [0.4, 0.5) is 17.1 Å². The molecule has 0 unspecified atom stereocenters. The van der Waals surface area contributed by atoms with Gasteiger partial charge in [0.2, 0.25) is 0 Å². The minimum absolute atomic E-state index is 0.213. The van der Waals surface area contributed by atoms with Crippen molar-refractivity contribution in [2.75, 3.05) is 4.90 Å². The van der Waals surface area contributed by atoms with Crippen LogP contribution in [0.3, 0.4) is 0 Å². The van der Waals surface area contributed by atoms with E-state index < -0.39 is 0 Å². The lowest BCUT2D eigenvalue weighted by Crippen LogP contribution is -2.12. The van der Waals surface area contributed by atoms with Crippen molar-refractivity contribution in [2.24, 2.45) is 0 Å². The van der Waals surface area contributed by atoms with Crippen LogP contribution >= 0.6 is 0 Å². The lowest BCUT2D eigenvalue weighted by Gasteiger charge is -2.29. The molecule has 0 saturated heterocycles. The van der Waals surface area contributed by atoms with Crippen molar-refractivity contribution in [3.63, 3.8) is 0 Å². The van der Waals surface area contributed by atoms with Gasteiger partial charge in [-0.05, 0) is 104 Å². The number of benzene rings is 8. The highest BCUT2D eigenvalue weighted by Gasteiger charge is 2.33. The van der Waals surface area contributed by atoms with E-state index in [2.05, 4.69) is 121 Å². The number of carbonyl (C=O) groups excluding carboxylic acids is 2. The molecule has 0 amide bonds. The molecular weight excluding hydrogens is 587 g/mol. The first kappa shape index (κ1) is 27.9. The number of hydrogen-bond acceptors (Lipinski definition) is 3. The molecule has 8 aromatic rings. The number of carbonyl (C=O) groups is 2. The van der Waals surface area contributed by atoms with Crippen molar-refractivity contribution in [1.29, 1.82) is 0 Å². The molecule has 226 valence electrons. The molecule has 0 bridgehead atoms. The SMILES string of the molecule is Cc1ccc2ccccc2c1N(c1ccc2ccccc2c1)c1ccc2cc(C=C3C(=O)c4cc5ccccc5cc4C3=O)ccc2c1. The van der Waals surface area contributed by atoms with E-state index in [1.807, 2.05) is 42.5 Å².